The van der Waals surface area contributed by atoms with Gasteiger partial charge in [-0.25, -0.2) is 0 Å². The summed E-state index contributed by atoms with van der Waals surface area (Å²) in [5.74, 6) is 0.581. The van der Waals surface area contributed by atoms with E-state index in [2.05, 4.69) is 24.4 Å². The van der Waals surface area contributed by atoms with Gasteiger partial charge in [-0.15, -0.1) is 0 Å². The van der Waals surface area contributed by atoms with Crippen molar-refractivity contribution in [3.63, 3.8) is 0 Å². The fraction of sp³-hybridized carbons (Fsp3) is 0.647. The van der Waals surface area contributed by atoms with Crippen LogP contribution in [0.2, 0.25) is 0 Å². The molecule has 0 radical (unpaired) electrons. The van der Waals surface area contributed by atoms with E-state index in [1.807, 2.05) is 12.1 Å². The molecule has 0 spiro atoms. The SMILES string of the molecule is COCCC1(CNCCC(C)c2ccc(N)cc2)CC1. The van der Waals surface area contributed by atoms with Crippen LogP contribution in [-0.2, 0) is 4.74 Å². The highest BCUT2D eigenvalue weighted by atomic mass is 16.5. The fourth-order valence-electron chi connectivity index (χ4n) is 2.67. The van der Waals surface area contributed by atoms with Gasteiger partial charge < -0.3 is 15.8 Å². The molecule has 0 aliphatic heterocycles. The molecule has 0 saturated heterocycles. The highest BCUT2D eigenvalue weighted by Gasteiger charge is 2.41. The zero-order valence-corrected chi connectivity index (χ0v) is 12.8. The molecule has 0 bridgehead atoms. The second kappa shape index (κ2) is 7.09. The molecule has 1 aromatic carbocycles. The number of anilines is 1. The number of benzene rings is 1. The van der Waals surface area contributed by atoms with Gasteiger partial charge in [0.2, 0.25) is 0 Å². The third-order valence-electron chi connectivity index (χ3n) is 4.55. The average Bonchev–Trinajstić information content (AvgIpc) is 3.22. The Labute approximate surface area is 122 Å². The summed E-state index contributed by atoms with van der Waals surface area (Å²) in [5, 5.41) is 3.63. The van der Waals surface area contributed by atoms with Crippen LogP contribution in [0.25, 0.3) is 0 Å². The monoisotopic (exact) mass is 276 g/mol. The van der Waals surface area contributed by atoms with E-state index in [0.717, 1.165) is 25.4 Å². The topological polar surface area (TPSA) is 47.3 Å². The second-order valence-electron chi connectivity index (χ2n) is 6.28. The molecular weight excluding hydrogens is 248 g/mol. The number of hydrogen-bond acceptors (Lipinski definition) is 3. The summed E-state index contributed by atoms with van der Waals surface area (Å²) in [4.78, 5) is 0. The number of methoxy groups -OCH3 is 1. The molecule has 112 valence electrons. The van der Waals surface area contributed by atoms with Crippen molar-refractivity contribution in [1.29, 1.82) is 0 Å². The van der Waals surface area contributed by atoms with Crippen molar-refractivity contribution >= 4 is 5.69 Å². The van der Waals surface area contributed by atoms with Gasteiger partial charge in [0.15, 0.2) is 0 Å². The molecule has 3 nitrogen and oxygen atoms in total. The molecule has 20 heavy (non-hydrogen) atoms. The van der Waals surface area contributed by atoms with Crippen LogP contribution < -0.4 is 11.1 Å². The molecule has 1 aromatic rings. The molecule has 0 amide bonds. The van der Waals surface area contributed by atoms with E-state index in [9.17, 15) is 0 Å². The van der Waals surface area contributed by atoms with Crippen LogP contribution in [0, 0.1) is 5.41 Å². The maximum Gasteiger partial charge on any atom is 0.0468 e. The number of nitrogen functional groups attached to an aromatic ring is 1. The van der Waals surface area contributed by atoms with Gasteiger partial charge in [-0.3, -0.25) is 0 Å². The van der Waals surface area contributed by atoms with Gasteiger partial charge in [0.05, 0.1) is 0 Å². The third kappa shape index (κ3) is 4.50. The molecule has 2 rings (SSSR count). The van der Waals surface area contributed by atoms with Gasteiger partial charge in [0.1, 0.15) is 0 Å². The van der Waals surface area contributed by atoms with E-state index in [1.54, 1.807) is 7.11 Å². The number of hydrogen-bond donors (Lipinski definition) is 2. The molecule has 1 fully saturated rings. The zero-order chi connectivity index (χ0) is 14.4. The van der Waals surface area contributed by atoms with Crippen LogP contribution in [0.3, 0.4) is 0 Å². The molecule has 1 aliphatic carbocycles. The van der Waals surface area contributed by atoms with Crippen molar-refractivity contribution in [1.82, 2.24) is 5.32 Å². The minimum Gasteiger partial charge on any atom is -0.399 e. The van der Waals surface area contributed by atoms with Gasteiger partial charge >= 0.3 is 0 Å². The fourth-order valence-corrected chi connectivity index (χ4v) is 2.67. The Morgan fingerprint density at radius 2 is 2.00 bits per heavy atom. The quantitative estimate of drug-likeness (QED) is 0.538. The minimum absolute atomic E-state index is 0.542. The summed E-state index contributed by atoms with van der Waals surface area (Å²) in [6.07, 6.45) is 5.09. The standard InChI is InChI=1S/C17H28N2O/c1-14(15-3-5-16(18)6-4-15)7-11-19-13-17(8-9-17)10-12-20-2/h3-6,14,19H,7-13,18H2,1-2H3. The van der Waals surface area contributed by atoms with Crippen LogP contribution in [0.15, 0.2) is 24.3 Å². The van der Waals surface area contributed by atoms with E-state index >= 15 is 0 Å². The highest BCUT2D eigenvalue weighted by Crippen LogP contribution is 2.48. The van der Waals surface area contributed by atoms with Crippen molar-refractivity contribution in [2.24, 2.45) is 5.41 Å². The number of rotatable bonds is 9. The van der Waals surface area contributed by atoms with Gasteiger partial charge in [0, 0.05) is 25.9 Å². The number of nitrogens with one attached hydrogen (secondary N) is 1. The van der Waals surface area contributed by atoms with Crippen molar-refractivity contribution < 1.29 is 4.74 Å². The Morgan fingerprint density at radius 3 is 2.60 bits per heavy atom. The lowest BCUT2D eigenvalue weighted by Crippen LogP contribution is -2.26. The van der Waals surface area contributed by atoms with Crippen LogP contribution in [0.1, 0.15) is 44.1 Å². The van der Waals surface area contributed by atoms with E-state index in [0.29, 0.717) is 11.3 Å². The van der Waals surface area contributed by atoms with Crippen molar-refractivity contribution in [2.75, 3.05) is 32.5 Å². The Bertz CT molecular complexity index is 398. The summed E-state index contributed by atoms with van der Waals surface area (Å²) in [5.41, 5.74) is 8.48. The third-order valence-corrected chi connectivity index (χ3v) is 4.55. The van der Waals surface area contributed by atoms with E-state index in [1.165, 1.54) is 31.2 Å². The zero-order valence-electron chi connectivity index (χ0n) is 12.8. The van der Waals surface area contributed by atoms with E-state index in [-0.39, 0.29) is 0 Å². The lowest BCUT2D eigenvalue weighted by atomic mass is 9.97. The number of ether oxygens (including phenoxy) is 1. The number of nitrogens with two attached hydrogens (primary N) is 1. The molecular formula is C17H28N2O. The molecule has 1 atom stereocenters. The molecule has 1 unspecified atom stereocenters. The Balaban J connectivity index is 1.64. The predicted octanol–water partition coefficient (Wildman–Crippen LogP) is 3.17. The first-order valence-electron chi connectivity index (χ1n) is 7.70. The largest absolute Gasteiger partial charge is 0.399 e. The van der Waals surface area contributed by atoms with Crippen LogP contribution in [0.5, 0.6) is 0 Å². The van der Waals surface area contributed by atoms with Gasteiger partial charge in [-0.2, -0.15) is 0 Å². The highest BCUT2D eigenvalue weighted by molar-refractivity contribution is 5.40. The minimum atomic E-state index is 0.542. The summed E-state index contributed by atoms with van der Waals surface area (Å²) >= 11 is 0. The molecule has 1 aliphatic rings. The Morgan fingerprint density at radius 1 is 1.30 bits per heavy atom. The van der Waals surface area contributed by atoms with Crippen LogP contribution in [-0.4, -0.2) is 26.8 Å². The molecule has 3 N–H and O–H groups in total. The van der Waals surface area contributed by atoms with Gasteiger partial charge in [0.25, 0.3) is 0 Å². The molecule has 1 saturated carbocycles. The smallest absolute Gasteiger partial charge is 0.0468 e. The summed E-state index contributed by atoms with van der Waals surface area (Å²) in [7, 11) is 1.79. The predicted molar refractivity (Wildman–Crippen MR) is 84.9 cm³/mol. The van der Waals surface area contributed by atoms with Crippen molar-refractivity contribution in [3.8, 4) is 0 Å². The summed E-state index contributed by atoms with van der Waals surface area (Å²) < 4.78 is 5.19. The maximum absolute atomic E-state index is 5.72. The lowest BCUT2D eigenvalue weighted by molar-refractivity contribution is 0.171. The second-order valence-corrected chi connectivity index (χ2v) is 6.28. The van der Waals surface area contributed by atoms with Crippen LogP contribution >= 0.6 is 0 Å². The Kier molecular flexibility index (Phi) is 5.44. The van der Waals surface area contributed by atoms with E-state index < -0.39 is 0 Å². The van der Waals surface area contributed by atoms with Gasteiger partial charge in [-0.05, 0) is 61.3 Å². The first-order valence-corrected chi connectivity index (χ1v) is 7.70. The molecule has 3 heteroatoms. The van der Waals surface area contributed by atoms with Gasteiger partial charge in [-0.1, -0.05) is 19.1 Å². The summed E-state index contributed by atoms with van der Waals surface area (Å²) in [6, 6.07) is 8.26. The van der Waals surface area contributed by atoms with E-state index in [4.69, 9.17) is 10.5 Å². The first-order chi connectivity index (χ1) is 9.65. The molecule has 0 heterocycles. The van der Waals surface area contributed by atoms with Crippen molar-refractivity contribution in [2.45, 2.75) is 38.5 Å². The lowest BCUT2D eigenvalue weighted by Gasteiger charge is -2.17. The Hall–Kier alpha value is -1.06. The average molecular weight is 276 g/mol. The summed E-state index contributed by atoms with van der Waals surface area (Å²) in [6.45, 7) is 5.40. The molecule has 0 aromatic heterocycles. The first kappa shape index (κ1) is 15.3. The maximum atomic E-state index is 5.72. The normalized spacial score (nSPS) is 17.9. The van der Waals surface area contributed by atoms with Crippen molar-refractivity contribution in [3.05, 3.63) is 29.8 Å². The van der Waals surface area contributed by atoms with Crippen LogP contribution in [0.4, 0.5) is 5.69 Å².